The number of halogens is 2. The highest BCUT2D eigenvalue weighted by Crippen LogP contribution is 2.37. The quantitative estimate of drug-likeness (QED) is 0.221. The van der Waals surface area contributed by atoms with Crippen LogP contribution in [0.3, 0.4) is 0 Å². The van der Waals surface area contributed by atoms with Crippen molar-refractivity contribution in [2.24, 2.45) is 0 Å². The number of fused-ring (bicyclic) bond motifs is 1. The van der Waals surface area contributed by atoms with E-state index in [1.165, 1.54) is 12.1 Å². The highest BCUT2D eigenvalue weighted by molar-refractivity contribution is 7.90. The van der Waals surface area contributed by atoms with Gasteiger partial charge >= 0.3 is 0 Å². The molecular formula is C31H32F2N6O3S. The maximum atomic E-state index is 15.6. The molecule has 1 unspecified atom stereocenters. The van der Waals surface area contributed by atoms with Gasteiger partial charge in [-0.2, -0.15) is 0 Å². The van der Waals surface area contributed by atoms with Crippen LogP contribution in [0.15, 0.2) is 60.7 Å². The van der Waals surface area contributed by atoms with Crippen molar-refractivity contribution in [3.05, 3.63) is 72.3 Å². The predicted octanol–water partition coefficient (Wildman–Crippen LogP) is 6.03. The number of aromatic amines is 1. The molecule has 1 atom stereocenters. The number of nitrogens with one attached hydrogen (secondary N) is 1. The molecule has 0 saturated carbocycles. The lowest BCUT2D eigenvalue weighted by Gasteiger charge is -2.24. The summed E-state index contributed by atoms with van der Waals surface area (Å²) >= 11 is 0. The Morgan fingerprint density at radius 1 is 0.930 bits per heavy atom. The van der Waals surface area contributed by atoms with Gasteiger partial charge in [0, 0.05) is 36.3 Å². The van der Waals surface area contributed by atoms with Crippen molar-refractivity contribution in [2.45, 2.75) is 45.1 Å². The Balaban J connectivity index is 1.46. The van der Waals surface area contributed by atoms with Gasteiger partial charge in [-0.15, -0.1) is 0 Å². The fourth-order valence-corrected chi connectivity index (χ4v) is 6.58. The standard InChI is InChI=1S/C31H32F2N6O3S/c1-18(2)43(40,41)39-26-15-21(11-12-25(26)35-31(39)34)29-28(20-9-5-4-6-10-20)36-30(37-29)27-23(32)16-22(17-24(27)33)42-19(3)38-13-7-8-14-38/h4-6,9-12,15-19H,7-8,13-14H2,1-3H3,(H2,34,35)(H,36,37). The maximum Gasteiger partial charge on any atom is 0.244 e. The first-order valence-corrected chi connectivity index (χ1v) is 15.6. The minimum atomic E-state index is -3.83. The van der Waals surface area contributed by atoms with Gasteiger partial charge in [0.05, 0.1) is 33.2 Å². The van der Waals surface area contributed by atoms with Gasteiger partial charge in [-0.3, -0.25) is 4.90 Å². The van der Waals surface area contributed by atoms with Gasteiger partial charge in [0.1, 0.15) is 29.4 Å². The summed E-state index contributed by atoms with van der Waals surface area (Å²) in [4.78, 5) is 14.1. The van der Waals surface area contributed by atoms with E-state index in [2.05, 4.69) is 19.9 Å². The average molecular weight is 607 g/mol. The van der Waals surface area contributed by atoms with E-state index in [-0.39, 0.29) is 34.8 Å². The lowest BCUT2D eigenvalue weighted by Crippen LogP contribution is -2.34. The molecule has 5 aromatic rings. The number of rotatable bonds is 8. The van der Waals surface area contributed by atoms with E-state index in [9.17, 15) is 8.42 Å². The molecule has 1 saturated heterocycles. The number of imidazole rings is 2. The molecule has 2 aromatic heterocycles. The summed E-state index contributed by atoms with van der Waals surface area (Å²) in [7, 11) is -3.83. The van der Waals surface area contributed by atoms with Crippen LogP contribution in [0.4, 0.5) is 14.7 Å². The largest absolute Gasteiger partial charge is 0.475 e. The van der Waals surface area contributed by atoms with Crippen LogP contribution in [-0.4, -0.2) is 56.8 Å². The number of aromatic nitrogens is 4. The number of nitrogen functional groups attached to an aromatic ring is 1. The zero-order chi connectivity index (χ0) is 30.5. The van der Waals surface area contributed by atoms with Gasteiger partial charge < -0.3 is 15.5 Å². The first-order valence-electron chi connectivity index (χ1n) is 14.1. The molecule has 1 fully saturated rings. The Morgan fingerprint density at radius 3 is 2.26 bits per heavy atom. The summed E-state index contributed by atoms with van der Waals surface area (Å²) < 4.78 is 64.2. The van der Waals surface area contributed by atoms with Crippen molar-refractivity contribution in [1.29, 1.82) is 0 Å². The third-order valence-electron chi connectivity index (χ3n) is 7.74. The van der Waals surface area contributed by atoms with Crippen LogP contribution in [-0.2, 0) is 10.0 Å². The van der Waals surface area contributed by atoms with Crippen molar-refractivity contribution in [3.8, 4) is 39.7 Å². The summed E-state index contributed by atoms with van der Waals surface area (Å²) in [5.41, 5.74) is 8.47. The lowest BCUT2D eigenvalue weighted by atomic mass is 10.0. The molecule has 0 spiro atoms. The molecule has 1 aliphatic rings. The Morgan fingerprint density at radius 2 is 1.60 bits per heavy atom. The number of hydrogen-bond acceptors (Lipinski definition) is 7. The van der Waals surface area contributed by atoms with Crippen LogP contribution in [0.2, 0.25) is 0 Å². The van der Waals surface area contributed by atoms with E-state index in [0.717, 1.165) is 35.5 Å². The third-order valence-corrected chi connectivity index (χ3v) is 9.83. The topological polar surface area (TPSA) is 119 Å². The summed E-state index contributed by atoms with van der Waals surface area (Å²) in [5.74, 6) is -1.74. The maximum absolute atomic E-state index is 15.6. The molecule has 0 radical (unpaired) electrons. The van der Waals surface area contributed by atoms with Crippen molar-refractivity contribution >= 4 is 27.0 Å². The van der Waals surface area contributed by atoms with Gasteiger partial charge in [-0.25, -0.2) is 31.1 Å². The number of nitrogens with zero attached hydrogens (tertiary/aromatic N) is 4. The van der Waals surface area contributed by atoms with Crippen molar-refractivity contribution in [3.63, 3.8) is 0 Å². The van der Waals surface area contributed by atoms with E-state index >= 15 is 8.78 Å². The molecule has 12 heteroatoms. The van der Waals surface area contributed by atoms with Crippen molar-refractivity contribution in [1.82, 2.24) is 23.8 Å². The van der Waals surface area contributed by atoms with E-state index in [1.807, 2.05) is 37.3 Å². The van der Waals surface area contributed by atoms with Crippen LogP contribution in [0.1, 0.15) is 33.6 Å². The number of hydrogen-bond donors (Lipinski definition) is 2. The first-order chi connectivity index (χ1) is 20.5. The summed E-state index contributed by atoms with van der Waals surface area (Å²) in [5, 5.41) is -0.746. The SMILES string of the molecule is CC(Oc1cc(F)c(-c2nc(-c3ccc4nc(N)n(S(=O)(=O)C(C)C)c4c3)c(-c3ccccc3)[nH]2)c(F)c1)N1CCCC1. The summed E-state index contributed by atoms with van der Waals surface area (Å²) in [6.45, 7) is 6.74. The first kappa shape index (κ1) is 28.8. The van der Waals surface area contributed by atoms with E-state index in [0.29, 0.717) is 22.5 Å². The molecular weight excluding hydrogens is 574 g/mol. The van der Waals surface area contributed by atoms with Crippen LogP contribution in [0, 0.1) is 11.6 Å². The molecule has 224 valence electrons. The normalized spacial score (nSPS) is 15.0. The highest BCUT2D eigenvalue weighted by Gasteiger charge is 2.27. The van der Waals surface area contributed by atoms with Crippen LogP contribution in [0.5, 0.6) is 5.75 Å². The second-order valence-electron chi connectivity index (χ2n) is 10.9. The fraction of sp³-hybridized carbons (Fsp3) is 0.290. The van der Waals surface area contributed by atoms with E-state index in [4.69, 9.17) is 10.5 Å². The molecule has 6 rings (SSSR count). The Bertz CT molecular complexity index is 1890. The molecule has 3 N–H and O–H groups in total. The Hall–Kier alpha value is -4.29. The molecule has 3 aromatic carbocycles. The lowest BCUT2D eigenvalue weighted by molar-refractivity contribution is 0.0587. The number of likely N-dealkylation sites (tertiary alicyclic amines) is 1. The van der Waals surface area contributed by atoms with Crippen LogP contribution in [0.25, 0.3) is 44.9 Å². The van der Waals surface area contributed by atoms with Gasteiger partial charge in [-0.05, 0) is 45.7 Å². The van der Waals surface area contributed by atoms with Crippen molar-refractivity contribution in [2.75, 3.05) is 18.8 Å². The zero-order valence-electron chi connectivity index (χ0n) is 24.0. The number of ether oxygens (including phenoxy) is 1. The monoisotopic (exact) mass is 606 g/mol. The number of benzene rings is 3. The van der Waals surface area contributed by atoms with E-state index < -0.39 is 26.9 Å². The van der Waals surface area contributed by atoms with Gasteiger partial charge in [0.25, 0.3) is 0 Å². The summed E-state index contributed by atoms with van der Waals surface area (Å²) in [6, 6.07) is 16.5. The van der Waals surface area contributed by atoms with Crippen LogP contribution >= 0.6 is 0 Å². The fourth-order valence-electron chi connectivity index (χ4n) is 5.43. The molecule has 0 bridgehead atoms. The predicted molar refractivity (Wildman–Crippen MR) is 163 cm³/mol. The molecule has 0 amide bonds. The Labute approximate surface area is 248 Å². The van der Waals surface area contributed by atoms with E-state index in [1.54, 1.807) is 32.0 Å². The molecule has 43 heavy (non-hydrogen) atoms. The second-order valence-corrected chi connectivity index (χ2v) is 13.3. The zero-order valence-corrected chi connectivity index (χ0v) is 24.8. The van der Waals surface area contributed by atoms with Gasteiger partial charge in [0.2, 0.25) is 16.0 Å². The van der Waals surface area contributed by atoms with Crippen molar-refractivity contribution < 1.29 is 21.9 Å². The average Bonchev–Trinajstić information content (AvgIpc) is 3.71. The molecule has 1 aliphatic heterocycles. The number of H-pyrrole nitrogens is 1. The summed E-state index contributed by atoms with van der Waals surface area (Å²) in [6.07, 6.45) is 1.82. The highest BCUT2D eigenvalue weighted by atomic mass is 32.2. The van der Waals surface area contributed by atoms with Gasteiger partial charge in [-0.1, -0.05) is 36.4 Å². The minimum Gasteiger partial charge on any atom is -0.475 e. The number of anilines is 1. The third kappa shape index (κ3) is 5.25. The Kier molecular flexibility index (Phi) is 7.43. The molecule has 0 aliphatic carbocycles. The molecule has 9 nitrogen and oxygen atoms in total. The minimum absolute atomic E-state index is 0.0223. The van der Waals surface area contributed by atoms with Gasteiger partial charge in [0.15, 0.2) is 0 Å². The van der Waals surface area contributed by atoms with Crippen LogP contribution < -0.4 is 10.5 Å². The molecule has 3 heterocycles. The second kappa shape index (κ2) is 11.1. The number of nitrogens with two attached hydrogens (primary N) is 1. The smallest absolute Gasteiger partial charge is 0.244 e.